The molecule has 1 aromatic heterocycles. The predicted octanol–water partition coefficient (Wildman–Crippen LogP) is 4.62. The van der Waals surface area contributed by atoms with Gasteiger partial charge in [0.25, 0.3) is 5.91 Å². The lowest BCUT2D eigenvalue weighted by Crippen LogP contribution is -2.27. The van der Waals surface area contributed by atoms with Crippen LogP contribution in [0, 0.1) is 19.7 Å². The molecule has 3 aromatic rings. The van der Waals surface area contributed by atoms with Crippen molar-refractivity contribution in [2.45, 2.75) is 40.2 Å². The van der Waals surface area contributed by atoms with E-state index >= 15 is 0 Å². The van der Waals surface area contributed by atoms with Gasteiger partial charge in [-0.15, -0.1) is 5.10 Å². The van der Waals surface area contributed by atoms with E-state index in [2.05, 4.69) is 20.9 Å². The molecule has 0 saturated heterocycles. The van der Waals surface area contributed by atoms with Crippen LogP contribution in [-0.2, 0) is 4.74 Å². The van der Waals surface area contributed by atoms with Crippen molar-refractivity contribution in [2.75, 3.05) is 10.6 Å². The molecule has 0 aliphatic carbocycles. The van der Waals surface area contributed by atoms with Crippen LogP contribution < -0.4 is 10.6 Å². The Kier molecular flexibility index (Phi) is 6.05. The fraction of sp³-hybridized carbons (Fsp3) is 0.273. The van der Waals surface area contributed by atoms with Gasteiger partial charge >= 0.3 is 6.09 Å². The SMILES string of the molecule is Cc1cccc(-n2nnc(C(=O)Nc3cc(F)ccc3NC(=O)OC(C)(C)C)c2C)c1. The standard InChI is InChI=1S/C22H24FN5O3/c1-13-7-6-8-16(11-13)28-14(2)19(26-27-28)20(29)24-18-12-15(23)9-10-17(18)25-21(30)31-22(3,4)5/h6-12H,1-5H3,(H,24,29)(H,25,30). The molecule has 1 heterocycles. The maximum Gasteiger partial charge on any atom is 0.412 e. The first-order valence-electron chi connectivity index (χ1n) is 9.64. The van der Waals surface area contributed by atoms with E-state index in [4.69, 9.17) is 4.74 Å². The maximum atomic E-state index is 13.8. The van der Waals surface area contributed by atoms with Gasteiger partial charge in [0.05, 0.1) is 22.8 Å². The second-order valence-corrected chi connectivity index (χ2v) is 8.05. The molecule has 2 amide bonds. The number of halogens is 1. The Bertz CT molecular complexity index is 1130. The number of carbonyl (C=O) groups is 2. The third-order valence-electron chi connectivity index (χ3n) is 4.22. The molecule has 31 heavy (non-hydrogen) atoms. The first-order chi connectivity index (χ1) is 14.5. The monoisotopic (exact) mass is 425 g/mol. The summed E-state index contributed by atoms with van der Waals surface area (Å²) in [5, 5.41) is 13.1. The minimum Gasteiger partial charge on any atom is -0.444 e. The van der Waals surface area contributed by atoms with Gasteiger partial charge in [-0.1, -0.05) is 17.3 Å². The molecule has 0 bridgehead atoms. The maximum absolute atomic E-state index is 13.8. The number of rotatable bonds is 4. The topological polar surface area (TPSA) is 98.1 Å². The van der Waals surface area contributed by atoms with Crippen molar-refractivity contribution in [3.05, 3.63) is 65.2 Å². The molecule has 2 aromatic carbocycles. The van der Waals surface area contributed by atoms with Crippen LogP contribution in [-0.4, -0.2) is 32.6 Å². The number of nitrogens with one attached hydrogen (secondary N) is 2. The first-order valence-corrected chi connectivity index (χ1v) is 9.64. The van der Waals surface area contributed by atoms with Crippen LogP contribution in [0.2, 0.25) is 0 Å². The van der Waals surface area contributed by atoms with E-state index in [1.807, 2.05) is 31.2 Å². The van der Waals surface area contributed by atoms with Crippen LogP contribution in [0.15, 0.2) is 42.5 Å². The molecule has 0 saturated carbocycles. The lowest BCUT2D eigenvalue weighted by atomic mass is 10.2. The van der Waals surface area contributed by atoms with Crippen LogP contribution in [0.1, 0.15) is 42.5 Å². The van der Waals surface area contributed by atoms with Crippen molar-refractivity contribution in [1.29, 1.82) is 0 Å². The van der Waals surface area contributed by atoms with Gasteiger partial charge in [-0.3, -0.25) is 10.1 Å². The largest absolute Gasteiger partial charge is 0.444 e. The summed E-state index contributed by atoms with van der Waals surface area (Å²) in [4.78, 5) is 24.9. The number of hydrogen-bond acceptors (Lipinski definition) is 5. The number of benzene rings is 2. The third-order valence-corrected chi connectivity index (χ3v) is 4.22. The number of nitrogens with zero attached hydrogens (tertiary/aromatic N) is 3. The average Bonchev–Trinajstić information content (AvgIpc) is 3.04. The summed E-state index contributed by atoms with van der Waals surface area (Å²) in [6.07, 6.45) is -0.726. The van der Waals surface area contributed by atoms with E-state index < -0.39 is 23.4 Å². The Morgan fingerprint density at radius 2 is 1.77 bits per heavy atom. The minimum absolute atomic E-state index is 0.0698. The Labute approximate surface area is 179 Å². The summed E-state index contributed by atoms with van der Waals surface area (Å²) in [6, 6.07) is 11.2. The summed E-state index contributed by atoms with van der Waals surface area (Å²) in [5.74, 6) is -1.17. The molecule has 162 valence electrons. The summed E-state index contributed by atoms with van der Waals surface area (Å²) in [5.41, 5.74) is 1.94. The summed E-state index contributed by atoms with van der Waals surface area (Å²) in [6.45, 7) is 8.83. The van der Waals surface area contributed by atoms with Gasteiger partial charge in [0.1, 0.15) is 11.4 Å². The second kappa shape index (κ2) is 8.55. The summed E-state index contributed by atoms with van der Waals surface area (Å²) < 4.78 is 20.6. The Balaban J connectivity index is 1.84. The lowest BCUT2D eigenvalue weighted by Gasteiger charge is -2.20. The number of aryl methyl sites for hydroxylation is 1. The highest BCUT2D eigenvalue weighted by Gasteiger charge is 2.21. The number of amides is 2. The van der Waals surface area contributed by atoms with E-state index in [1.54, 1.807) is 32.4 Å². The lowest BCUT2D eigenvalue weighted by molar-refractivity contribution is 0.0635. The molecule has 0 spiro atoms. The van der Waals surface area contributed by atoms with Gasteiger partial charge in [0, 0.05) is 0 Å². The highest BCUT2D eigenvalue weighted by molar-refractivity contribution is 6.06. The van der Waals surface area contributed by atoms with Gasteiger partial charge in [0.15, 0.2) is 5.69 Å². The number of aromatic nitrogens is 3. The molecular weight excluding hydrogens is 401 g/mol. The van der Waals surface area contributed by atoms with E-state index in [-0.39, 0.29) is 17.1 Å². The van der Waals surface area contributed by atoms with Crippen LogP contribution in [0.4, 0.5) is 20.6 Å². The minimum atomic E-state index is -0.726. The molecule has 0 atom stereocenters. The van der Waals surface area contributed by atoms with Crippen molar-refractivity contribution in [2.24, 2.45) is 0 Å². The highest BCUT2D eigenvalue weighted by Crippen LogP contribution is 2.25. The Hall–Kier alpha value is -3.75. The van der Waals surface area contributed by atoms with Gasteiger partial charge < -0.3 is 10.1 Å². The normalized spacial score (nSPS) is 11.2. The molecule has 9 heteroatoms. The van der Waals surface area contributed by atoms with E-state index in [0.717, 1.165) is 17.3 Å². The molecule has 0 fully saturated rings. The molecular formula is C22H24FN5O3. The van der Waals surface area contributed by atoms with Crippen molar-refractivity contribution in [1.82, 2.24) is 15.0 Å². The zero-order valence-electron chi connectivity index (χ0n) is 18.0. The van der Waals surface area contributed by atoms with Crippen molar-refractivity contribution in [3.63, 3.8) is 0 Å². The average molecular weight is 425 g/mol. The fourth-order valence-electron chi connectivity index (χ4n) is 2.87. The third kappa shape index (κ3) is 5.44. The van der Waals surface area contributed by atoms with Crippen LogP contribution in [0.5, 0.6) is 0 Å². The van der Waals surface area contributed by atoms with Gasteiger partial charge in [-0.05, 0) is 70.5 Å². The quantitative estimate of drug-likeness (QED) is 0.635. The van der Waals surface area contributed by atoms with E-state index in [0.29, 0.717) is 5.69 Å². The van der Waals surface area contributed by atoms with Gasteiger partial charge in [-0.2, -0.15) is 0 Å². The van der Waals surface area contributed by atoms with Crippen molar-refractivity contribution < 1.29 is 18.7 Å². The second-order valence-electron chi connectivity index (χ2n) is 8.05. The van der Waals surface area contributed by atoms with Crippen LogP contribution in [0.25, 0.3) is 5.69 Å². The van der Waals surface area contributed by atoms with Crippen LogP contribution in [0.3, 0.4) is 0 Å². The number of ether oxygens (including phenoxy) is 1. The van der Waals surface area contributed by atoms with Crippen molar-refractivity contribution in [3.8, 4) is 5.69 Å². The molecule has 0 radical (unpaired) electrons. The molecule has 0 aliphatic heterocycles. The number of carbonyl (C=O) groups excluding carboxylic acids is 2. The fourth-order valence-corrected chi connectivity index (χ4v) is 2.87. The molecule has 8 nitrogen and oxygen atoms in total. The molecule has 0 unspecified atom stereocenters. The summed E-state index contributed by atoms with van der Waals surface area (Å²) >= 11 is 0. The van der Waals surface area contributed by atoms with Crippen LogP contribution >= 0.6 is 0 Å². The van der Waals surface area contributed by atoms with Crippen molar-refractivity contribution >= 4 is 23.4 Å². The number of hydrogen-bond donors (Lipinski definition) is 2. The molecule has 3 rings (SSSR count). The Morgan fingerprint density at radius 1 is 1.03 bits per heavy atom. The molecule has 0 aliphatic rings. The van der Waals surface area contributed by atoms with Gasteiger partial charge in [0.2, 0.25) is 0 Å². The smallest absolute Gasteiger partial charge is 0.412 e. The predicted molar refractivity (Wildman–Crippen MR) is 115 cm³/mol. The Morgan fingerprint density at radius 3 is 2.45 bits per heavy atom. The highest BCUT2D eigenvalue weighted by atomic mass is 19.1. The van der Waals surface area contributed by atoms with E-state index in [1.165, 1.54) is 12.1 Å². The van der Waals surface area contributed by atoms with Gasteiger partial charge in [-0.25, -0.2) is 13.9 Å². The zero-order valence-corrected chi connectivity index (χ0v) is 18.0. The molecule has 2 N–H and O–H groups in total. The number of anilines is 2. The summed E-state index contributed by atoms with van der Waals surface area (Å²) in [7, 11) is 0. The zero-order chi connectivity index (χ0) is 22.8. The first kappa shape index (κ1) is 21.9. The van der Waals surface area contributed by atoms with E-state index in [9.17, 15) is 14.0 Å².